The van der Waals surface area contributed by atoms with Gasteiger partial charge < -0.3 is 14.6 Å². The van der Waals surface area contributed by atoms with Crippen LogP contribution in [-0.4, -0.2) is 21.7 Å². The molecule has 1 aromatic rings. The molecule has 0 aliphatic rings. The van der Waals surface area contributed by atoms with E-state index in [0.29, 0.717) is 0 Å². The molecule has 0 bridgehead atoms. The molecule has 0 aliphatic heterocycles. The van der Waals surface area contributed by atoms with Crippen LogP contribution in [0.5, 0.6) is 0 Å². The first kappa shape index (κ1) is 14.5. The van der Waals surface area contributed by atoms with Crippen molar-refractivity contribution in [3.63, 3.8) is 0 Å². The van der Waals surface area contributed by atoms with E-state index >= 15 is 0 Å². The van der Waals surface area contributed by atoms with Crippen LogP contribution in [0.1, 0.15) is 46.4 Å². The molecule has 0 aromatic carbocycles. The first-order valence-electron chi connectivity index (χ1n) is 6.15. The van der Waals surface area contributed by atoms with Crippen LogP contribution in [-0.2, 0) is 11.8 Å². The van der Waals surface area contributed by atoms with Gasteiger partial charge in [-0.3, -0.25) is 0 Å². The molecule has 1 rings (SSSR count). The molecule has 1 amide bonds. The van der Waals surface area contributed by atoms with Crippen LogP contribution >= 0.6 is 0 Å². The van der Waals surface area contributed by atoms with Gasteiger partial charge in [0.25, 0.3) is 0 Å². The lowest BCUT2D eigenvalue weighted by molar-refractivity contribution is 0.103. The summed E-state index contributed by atoms with van der Waals surface area (Å²) in [4.78, 5) is 15.8. The molecule has 0 fully saturated rings. The third-order valence-corrected chi connectivity index (χ3v) is 2.62. The van der Waals surface area contributed by atoms with E-state index < -0.39 is 6.09 Å². The quantitative estimate of drug-likeness (QED) is 0.901. The van der Waals surface area contributed by atoms with Gasteiger partial charge in [-0.25, -0.2) is 9.78 Å². The van der Waals surface area contributed by atoms with E-state index in [4.69, 9.17) is 4.74 Å². The number of carbonyl (C=O) groups is 1. The summed E-state index contributed by atoms with van der Waals surface area (Å²) >= 11 is 0. The van der Waals surface area contributed by atoms with Gasteiger partial charge in [-0.2, -0.15) is 0 Å². The van der Waals surface area contributed by atoms with Gasteiger partial charge >= 0.3 is 6.09 Å². The van der Waals surface area contributed by atoms with Crippen molar-refractivity contribution in [1.29, 1.82) is 0 Å². The summed E-state index contributed by atoms with van der Waals surface area (Å²) in [5.74, 6) is 0. The Kier molecular flexibility index (Phi) is 4.38. The van der Waals surface area contributed by atoms with Crippen molar-refractivity contribution < 1.29 is 9.53 Å². The first-order valence-corrected chi connectivity index (χ1v) is 6.15. The molecule has 1 N–H and O–H groups in total. The maximum atomic E-state index is 11.8. The van der Waals surface area contributed by atoms with E-state index in [1.807, 2.05) is 25.5 Å². The monoisotopic (exact) mass is 253 g/mol. The second kappa shape index (κ2) is 5.42. The number of carbonyl (C=O) groups excluding carboxylic acids is 1. The van der Waals surface area contributed by atoms with Crippen molar-refractivity contribution >= 4 is 6.09 Å². The number of ether oxygens (including phenoxy) is 1. The maximum Gasteiger partial charge on any atom is 0.407 e. The Balaban J connectivity index is 2.88. The van der Waals surface area contributed by atoms with Crippen LogP contribution in [0, 0.1) is 5.41 Å². The Morgan fingerprint density at radius 1 is 1.44 bits per heavy atom. The van der Waals surface area contributed by atoms with Crippen LogP contribution in [0.15, 0.2) is 12.5 Å². The minimum Gasteiger partial charge on any atom is -0.447 e. The van der Waals surface area contributed by atoms with E-state index in [1.54, 1.807) is 12.5 Å². The summed E-state index contributed by atoms with van der Waals surface area (Å²) in [7, 11) is 1.91. The molecule has 0 radical (unpaired) electrons. The van der Waals surface area contributed by atoms with Crippen molar-refractivity contribution in [2.75, 3.05) is 0 Å². The zero-order valence-electron chi connectivity index (χ0n) is 12.0. The number of hydrogen-bond donors (Lipinski definition) is 1. The van der Waals surface area contributed by atoms with E-state index in [1.165, 1.54) is 0 Å². The predicted octanol–water partition coefficient (Wildman–Crippen LogP) is 2.64. The number of alkyl carbamates (subject to hydrolysis) is 1. The Morgan fingerprint density at radius 3 is 2.44 bits per heavy atom. The molecule has 0 saturated heterocycles. The third kappa shape index (κ3) is 3.75. The van der Waals surface area contributed by atoms with Gasteiger partial charge in [-0.1, -0.05) is 20.8 Å². The number of amides is 1. The standard InChI is InChI=1S/C13H23N3O2/c1-9(2)18-12(17)15-11(13(3,4)5)10-7-14-8-16(10)6/h7-9,11H,1-6H3,(H,15,17). The molecular formula is C13H23N3O2. The van der Waals surface area contributed by atoms with Crippen molar-refractivity contribution in [2.45, 2.75) is 46.8 Å². The van der Waals surface area contributed by atoms with Gasteiger partial charge in [0.1, 0.15) is 0 Å². The Labute approximate surface area is 109 Å². The summed E-state index contributed by atoms with van der Waals surface area (Å²) in [6.07, 6.45) is 2.97. The minimum atomic E-state index is -0.397. The number of rotatable bonds is 3. The number of imidazole rings is 1. The van der Waals surface area contributed by atoms with Crippen LogP contribution in [0.2, 0.25) is 0 Å². The molecule has 5 heteroatoms. The van der Waals surface area contributed by atoms with E-state index in [0.717, 1.165) is 5.69 Å². The van der Waals surface area contributed by atoms with Crippen molar-refractivity contribution in [3.8, 4) is 0 Å². The van der Waals surface area contributed by atoms with Crippen molar-refractivity contribution in [3.05, 3.63) is 18.2 Å². The summed E-state index contributed by atoms with van der Waals surface area (Å²) in [5, 5.41) is 2.91. The normalized spacial score (nSPS) is 13.5. The van der Waals surface area contributed by atoms with Gasteiger partial charge in [0.05, 0.1) is 30.4 Å². The molecular weight excluding hydrogens is 230 g/mol. The number of hydrogen-bond acceptors (Lipinski definition) is 3. The van der Waals surface area contributed by atoms with E-state index in [-0.39, 0.29) is 17.6 Å². The lowest BCUT2D eigenvalue weighted by Crippen LogP contribution is -2.38. The van der Waals surface area contributed by atoms with Gasteiger partial charge in [0.15, 0.2) is 0 Å². The predicted molar refractivity (Wildman–Crippen MR) is 70.2 cm³/mol. The summed E-state index contributed by atoms with van der Waals surface area (Å²) in [6.45, 7) is 9.87. The lowest BCUT2D eigenvalue weighted by Gasteiger charge is -2.31. The van der Waals surface area contributed by atoms with E-state index in [9.17, 15) is 4.79 Å². The SMILES string of the molecule is CC(C)OC(=O)NC(c1cncn1C)C(C)(C)C. The van der Waals surface area contributed by atoms with Gasteiger partial charge in [0.2, 0.25) is 0 Å². The highest BCUT2D eigenvalue weighted by Gasteiger charge is 2.30. The zero-order valence-corrected chi connectivity index (χ0v) is 12.0. The Bertz CT molecular complexity index is 405. The van der Waals surface area contributed by atoms with Gasteiger partial charge in [-0.05, 0) is 19.3 Å². The van der Waals surface area contributed by atoms with Crippen molar-refractivity contribution in [2.24, 2.45) is 12.5 Å². The summed E-state index contributed by atoms with van der Waals surface area (Å²) in [6, 6.07) is -0.142. The second-order valence-corrected chi connectivity index (χ2v) is 5.83. The molecule has 5 nitrogen and oxygen atoms in total. The largest absolute Gasteiger partial charge is 0.447 e. The molecule has 18 heavy (non-hydrogen) atoms. The highest BCUT2D eigenvalue weighted by atomic mass is 16.6. The topological polar surface area (TPSA) is 56.1 Å². The van der Waals surface area contributed by atoms with Crippen LogP contribution in [0.3, 0.4) is 0 Å². The zero-order chi connectivity index (χ0) is 13.9. The van der Waals surface area contributed by atoms with Crippen LogP contribution in [0.25, 0.3) is 0 Å². The second-order valence-electron chi connectivity index (χ2n) is 5.83. The molecule has 0 saturated carbocycles. The average molecular weight is 253 g/mol. The molecule has 0 aliphatic carbocycles. The Morgan fingerprint density at radius 2 is 2.06 bits per heavy atom. The van der Waals surface area contributed by atoms with Crippen LogP contribution < -0.4 is 5.32 Å². The number of aromatic nitrogens is 2. The molecule has 1 aromatic heterocycles. The highest BCUT2D eigenvalue weighted by Crippen LogP contribution is 2.32. The molecule has 1 heterocycles. The fourth-order valence-corrected chi connectivity index (χ4v) is 1.75. The molecule has 1 unspecified atom stereocenters. The first-order chi connectivity index (χ1) is 8.21. The number of nitrogens with zero attached hydrogens (tertiary/aromatic N) is 2. The van der Waals surface area contributed by atoms with Gasteiger partial charge in [0, 0.05) is 7.05 Å². The summed E-state index contributed by atoms with van der Waals surface area (Å²) in [5.41, 5.74) is 0.840. The fraction of sp³-hybridized carbons (Fsp3) is 0.692. The Hall–Kier alpha value is -1.52. The molecule has 1 atom stereocenters. The smallest absolute Gasteiger partial charge is 0.407 e. The fourth-order valence-electron chi connectivity index (χ4n) is 1.75. The van der Waals surface area contributed by atoms with Crippen LogP contribution in [0.4, 0.5) is 4.79 Å². The van der Waals surface area contributed by atoms with E-state index in [2.05, 4.69) is 31.1 Å². The number of nitrogens with one attached hydrogen (secondary N) is 1. The summed E-state index contributed by atoms with van der Waals surface area (Å²) < 4.78 is 7.04. The lowest BCUT2D eigenvalue weighted by atomic mass is 9.85. The third-order valence-electron chi connectivity index (χ3n) is 2.62. The van der Waals surface area contributed by atoms with Crippen molar-refractivity contribution in [1.82, 2.24) is 14.9 Å². The minimum absolute atomic E-state index is 0.121. The van der Waals surface area contributed by atoms with Gasteiger partial charge in [-0.15, -0.1) is 0 Å². The average Bonchev–Trinajstić information content (AvgIpc) is 2.58. The number of aryl methyl sites for hydroxylation is 1. The molecule has 0 spiro atoms. The highest BCUT2D eigenvalue weighted by molar-refractivity contribution is 5.68. The maximum absolute atomic E-state index is 11.8. The molecule has 102 valence electrons.